The number of piperazine rings is 1. The first kappa shape index (κ1) is 20.7. The molecule has 1 fully saturated rings. The summed E-state index contributed by atoms with van der Waals surface area (Å²) in [6.07, 6.45) is 0. The van der Waals surface area contributed by atoms with Crippen LogP contribution in [0.3, 0.4) is 0 Å². The van der Waals surface area contributed by atoms with Crippen LogP contribution < -0.4 is 19.9 Å². The van der Waals surface area contributed by atoms with E-state index < -0.39 is 0 Å². The van der Waals surface area contributed by atoms with Gasteiger partial charge in [-0.05, 0) is 24.6 Å². The second-order valence-corrected chi connectivity index (χ2v) is 7.51. The van der Waals surface area contributed by atoms with Crippen molar-refractivity contribution < 1.29 is 9.53 Å². The van der Waals surface area contributed by atoms with Crippen LogP contribution >= 0.6 is 0 Å². The molecule has 7 nitrogen and oxygen atoms in total. The Kier molecular flexibility index (Phi) is 6.62. The summed E-state index contributed by atoms with van der Waals surface area (Å²) in [6.45, 7) is 5.77. The zero-order valence-corrected chi connectivity index (χ0v) is 17.7. The summed E-state index contributed by atoms with van der Waals surface area (Å²) in [7, 11) is 0. The number of amides is 1. The average Bonchev–Trinajstić information content (AvgIpc) is 2.82. The van der Waals surface area contributed by atoms with Crippen molar-refractivity contribution in [3.05, 3.63) is 78.0 Å². The molecule has 1 aromatic heterocycles. The molecule has 1 saturated heterocycles. The van der Waals surface area contributed by atoms with Crippen LogP contribution in [0.25, 0.3) is 0 Å². The molecule has 0 radical (unpaired) electrons. The predicted molar refractivity (Wildman–Crippen MR) is 121 cm³/mol. The first-order valence-electron chi connectivity index (χ1n) is 10.5. The second-order valence-electron chi connectivity index (χ2n) is 7.51. The number of carbonyl (C=O) groups excluding carboxylic acids is 1. The molecule has 2 heterocycles. The molecule has 0 saturated carbocycles. The van der Waals surface area contributed by atoms with Gasteiger partial charge in [-0.3, -0.25) is 4.79 Å². The predicted octanol–water partition coefficient (Wildman–Crippen LogP) is 2.81. The van der Waals surface area contributed by atoms with E-state index in [0.29, 0.717) is 18.4 Å². The second kappa shape index (κ2) is 9.93. The fourth-order valence-electron chi connectivity index (χ4n) is 3.53. The summed E-state index contributed by atoms with van der Waals surface area (Å²) in [5.74, 6) is 0.883. The lowest BCUT2D eigenvalue weighted by molar-refractivity contribution is -0.123. The molecule has 0 aliphatic carbocycles. The van der Waals surface area contributed by atoms with Crippen LogP contribution in [-0.4, -0.2) is 48.7 Å². The van der Waals surface area contributed by atoms with Crippen LogP contribution in [0.15, 0.2) is 66.7 Å². The topological polar surface area (TPSA) is 70.6 Å². The molecule has 1 aliphatic rings. The quantitative estimate of drug-likeness (QED) is 0.638. The lowest BCUT2D eigenvalue weighted by Gasteiger charge is -2.36. The smallest absolute Gasteiger partial charge is 0.258 e. The average molecular weight is 418 g/mol. The first-order chi connectivity index (χ1) is 15.2. The number of hydrogen-bond donors (Lipinski definition) is 1. The van der Waals surface area contributed by atoms with Crippen LogP contribution in [0.2, 0.25) is 0 Å². The Morgan fingerprint density at radius 3 is 2.29 bits per heavy atom. The van der Waals surface area contributed by atoms with E-state index in [1.165, 1.54) is 5.69 Å². The molecule has 4 rings (SSSR count). The van der Waals surface area contributed by atoms with Gasteiger partial charge in [0.2, 0.25) is 11.8 Å². The van der Waals surface area contributed by atoms with Crippen molar-refractivity contribution >= 4 is 17.5 Å². The van der Waals surface area contributed by atoms with Crippen LogP contribution in [-0.2, 0) is 11.3 Å². The number of benzene rings is 2. The molecule has 1 aliphatic heterocycles. The Balaban J connectivity index is 1.30. The summed E-state index contributed by atoms with van der Waals surface area (Å²) in [5.41, 5.74) is 3.10. The molecule has 0 unspecified atom stereocenters. The number of carbonyl (C=O) groups is 1. The van der Waals surface area contributed by atoms with Gasteiger partial charge in [0.1, 0.15) is 0 Å². The molecule has 2 aromatic carbocycles. The van der Waals surface area contributed by atoms with Crippen molar-refractivity contribution in [3.63, 3.8) is 0 Å². The number of nitrogens with zero attached hydrogens (tertiary/aromatic N) is 4. The molecule has 0 bridgehead atoms. The van der Waals surface area contributed by atoms with Gasteiger partial charge in [-0.15, -0.1) is 0 Å². The minimum absolute atomic E-state index is 0.0789. The molecule has 160 valence electrons. The standard InChI is InChI=1S/C24H27N5O2/c1-19-16-23(31-18-22(30)25-17-20-8-4-2-5-9-20)27-24(26-19)29-14-12-28(13-15-29)21-10-6-3-7-11-21/h2-11,16H,12-15,17-18H2,1H3,(H,25,30). The highest BCUT2D eigenvalue weighted by molar-refractivity contribution is 5.77. The van der Waals surface area contributed by atoms with E-state index in [1.807, 2.05) is 43.3 Å². The number of nitrogens with one attached hydrogen (secondary N) is 1. The van der Waals surface area contributed by atoms with Gasteiger partial charge in [0.25, 0.3) is 5.91 Å². The molecule has 1 amide bonds. The maximum atomic E-state index is 12.1. The largest absolute Gasteiger partial charge is 0.467 e. The fraction of sp³-hybridized carbons (Fsp3) is 0.292. The minimum Gasteiger partial charge on any atom is -0.467 e. The molecular formula is C24H27N5O2. The number of rotatable bonds is 7. The number of hydrogen-bond acceptors (Lipinski definition) is 6. The van der Waals surface area contributed by atoms with Crippen LogP contribution in [0.5, 0.6) is 5.88 Å². The molecule has 1 N–H and O–H groups in total. The van der Waals surface area contributed by atoms with Gasteiger partial charge in [0, 0.05) is 50.2 Å². The van der Waals surface area contributed by atoms with E-state index >= 15 is 0 Å². The molecule has 3 aromatic rings. The molecular weight excluding hydrogens is 390 g/mol. The summed E-state index contributed by atoms with van der Waals surface area (Å²) in [5, 5.41) is 2.86. The Morgan fingerprint density at radius 2 is 1.58 bits per heavy atom. The van der Waals surface area contributed by atoms with Crippen molar-refractivity contribution in [2.45, 2.75) is 13.5 Å². The van der Waals surface area contributed by atoms with E-state index in [9.17, 15) is 4.79 Å². The van der Waals surface area contributed by atoms with Crippen LogP contribution in [0.4, 0.5) is 11.6 Å². The maximum absolute atomic E-state index is 12.1. The first-order valence-corrected chi connectivity index (χ1v) is 10.5. The Bertz CT molecular complexity index is 989. The third-order valence-electron chi connectivity index (χ3n) is 5.19. The van der Waals surface area contributed by atoms with Crippen molar-refractivity contribution in [1.29, 1.82) is 0 Å². The Labute approximate surface area is 182 Å². The molecule has 0 spiro atoms. The van der Waals surface area contributed by atoms with Crippen molar-refractivity contribution in [2.75, 3.05) is 42.6 Å². The monoisotopic (exact) mass is 417 g/mol. The fourth-order valence-corrected chi connectivity index (χ4v) is 3.53. The zero-order chi connectivity index (χ0) is 21.5. The third-order valence-corrected chi connectivity index (χ3v) is 5.19. The third kappa shape index (κ3) is 5.72. The van der Waals surface area contributed by atoms with E-state index in [0.717, 1.165) is 37.4 Å². The highest BCUT2D eigenvalue weighted by Gasteiger charge is 2.20. The van der Waals surface area contributed by atoms with Gasteiger partial charge in [-0.1, -0.05) is 48.5 Å². The highest BCUT2D eigenvalue weighted by atomic mass is 16.5. The molecule has 0 atom stereocenters. The van der Waals surface area contributed by atoms with Gasteiger partial charge >= 0.3 is 0 Å². The highest BCUT2D eigenvalue weighted by Crippen LogP contribution is 2.20. The lowest BCUT2D eigenvalue weighted by Crippen LogP contribution is -2.47. The van der Waals surface area contributed by atoms with E-state index in [1.54, 1.807) is 6.07 Å². The number of ether oxygens (including phenoxy) is 1. The van der Waals surface area contributed by atoms with Gasteiger partial charge in [-0.25, -0.2) is 4.98 Å². The summed E-state index contributed by atoms with van der Waals surface area (Å²) in [4.78, 5) is 25.8. The summed E-state index contributed by atoms with van der Waals surface area (Å²) in [6, 6.07) is 22.0. The van der Waals surface area contributed by atoms with Crippen molar-refractivity contribution in [2.24, 2.45) is 0 Å². The Hall–Kier alpha value is -3.61. The van der Waals surface area contributed by atoms with Crippen molar-refractivity contribution in [1.82, 2.24) is 15.3 Å². The maximum Gasteiger partial charge on any atom is 0.258 e. The van der Waals surface area contributed by atoms with E-state index in [-0.39, 0.29) is 12.5 Å². The summed E-state index contributed by atoms with van der Waals surface area (Å²) < 4.78 is 5.66. The minimum atomic E-state index is -0.182. The van der Waals surface area contributed by atoms with Crippen LogP contribution in [0, 0.1) is 6.92 Å². The normalized spacial score (nSPS) is 13.7. The van der Waals surface area contributed by atoms with Gasteiger partial charge < -0.3 is 19.9 Å². The number of anilines is 2. The lowest BCUT2D eigenvalue weighted by atomic mass is 10.2. The van der Waals surface area contributed by atoms with Crippen LogP contribution in [0.1, 0.15) is 11.3 Å². The number of aromatic nitrogens is 2. The Morgan fingerprint density at radius 1 is 0.935 bits per heavy atom. The van der Waals surface area contributed by atoms with Crippen molar-refractivity contribution in [3.8, 4) is 5.88 Å². The van der Waals surface area contributed by atoms with E-state index in [4.69, 9.17) is 4.74 Å². The van der Waals surface area contributed by atoms with Gasteiger partial charge in [-0.2, -0.15) is 4.98 Å². The number of aryl methyl sites for hydroxylation is 1. The SMILES string of the molecule is Cc1cc(OCC(=O)NCc2ccccc2)nc(N2CCN(c3ccccc3)CC2)n1. The molecule has 7 heteroatoms. The number of para-hydroxylation sites is 1. The molecule has 31 heavy (non-hydrogen) atoms. The zero-order valence-electron chi connectivity index (χ0n) is 17.7. The van der Waals surface area contributed by atoms with Gasteiger partial charge in [0.05, 0.1) is 0 Å². The van der Waals surface area contributed by atoms with Gasteiger partial charge in [0.15, 0.2) is 6.61 Å². The summed E-state index contributed by atoms with van der Waals surface area (Å²) >= 11 is 0. The van der Waals surface area contributed by atoms with E-state index in [2.05, 4.69) is 49.4 Å².